The summed E-state index contributed by atoms with van der Waals surface area (Å²) in [4.78, 5) is 12.1. The second-order valence-corrected chi connectivity index (χ2v) is 4.74. The molecule has 1 aromatic carbocycles. The van der Waals surface area contributed by atoms with Crippen LogP contribution in [0.2, 0.25) is 5.28 Å². The van der Waals surface area contributed by atoms with Gasteiger partial charge in [-0.05, 0) is 30.5 Å². The molecule has 0 fully saturated rings. The van der Waals surface area contributed by atoms with E-state index < -0.39 is 0 Å². The number of aromatic nitrogens is 3. The van der Waals surface area contributed by atoms with Gasteiger partial charge in [0, 0.05) is 6.54 Å². The molecule has 0 spiro atoms. The van der Waals surface area contributed by atoms with Crippen LogP contribution in [0.15, 0.2) is 24.3 Å². The van der Waals surface area contributed by atoms with E-state index in [4.69, 9.17) is 16.3 Å². The third-order valence-corrected chi connectivity index (χ3v) is 2.76. The molecule has 0 saturated carbocycles. The zero-order valence-corrected chi connectivity index (χ0v) is 12.3. The molecule has 0 aliphatic carbocycles. The van der Waals surface area contributed by atoms with Crippen LogP contribution in [0.3, 0.4) is 0 Å². The van der Waals surface area contributed by atoms with E-state index >= 15 is 0 Å². The average molecular weight is 293 g/mol. The van der Waals surface area contributed by atoms with Gasteiger partial charge in [-0.1, -0.05) is 36.8 Å². The molecule has 0 bridgehead atoms. The van der Waals surface area contributed by atoms with Crippen molar-refractivity contribution in [1.29, 1.82) is 0 Å². The van der Waals surface area contributed by atoms with Crippen LogP contribution in [0.4, 0.5) is 5.95 Å². The second-order valence-electron chi connectivity index (χ2n) is 4.40. The number of hydrogen-bond acceptors (Lipinski definition) is 5. The number of halogens is 1. The minimum atomic E-state index is 0.123. The standard InChI is InChI=1S/C14H17ClN4O/c1-3-8-20-14-18-12(15)17-13(19-14)16-9-11-6-4-10(2)5-7-11/h4-7H,3,8-9H2,1-2H3,(H,16,17,18,19). The summed E-state index contributed by atoms with van der Waals surface area (Å²) >= 11 is 5.85. The van der Waals surface area contributed by atoms with Gasteiger partial charge >= 0.3 is 6.01 Å². The minimum Gasteiger partial charge on any atom is -0.463 e. The van der Waals surface area contributed by atoms with Crippen LogP contribution in [-0.4, -0.2) is 21.6 Å². The Hall–Kier alpha value is -1.88. The van der Waals surface area contributed by atoms with Gasteiger partial charge in [0.2, 0.25) is 11.2 Å². The Labute approximate surface area is 123 Å². The van der Waals surface area contributed by atoms with Crippen LogP contribution >= 0.6 is 11.6 Å². The lowest BCUT2D eigenvalue weighted by Gasteiger charge is -2.07. The van der Waals surface area contributed by atoms with Crippen LogP contribution in [0.25, 0.3) is 0 Å². The largest absolute Gasteiger partial charge is 0.463 e. The maximum Gasteiger partial charge on any atom is 0.322 e. The first-order chi connectivity index (χ1) is 9.67. The molecule has 0 aliphatic rings. The van der Waals surface area contributed by atoms with Crippen LogP contribution in [0.1, 0.15) is 24.5 Å². The van der Waals surface area contributed by atoms with E-state index in [1.807, 2.05) is 6.92 Å². The number of benzene rings is 1. The summed E-state index contributed by atoms with van der Waals surface area (Å²) in [6.07, 6.45) is 0.884. The highest BCUT2D eigenvalue weighted by Gasteiger charge is 2.05. The predicted molar refractivity (Wildman–Crippen MR) is 79.1 cm³/mol. The maximum atomic E-state index is 5.85. The monoisotopic (exact) mass is 292 g/mol. The predicted octanol–water partition coefficient (Wildman–Crippen LogP) is 3.23. The van der Waals surface area contributed by atoms with Crippen molar-refractivity contribution >= 4 is 17.5 Å². The molecule has 0 saturated heterocycles. The summed E-state index contributed by atoms with van der Waals surface area (Å²) in [6, 6.07) is 8.48. The molecule has 0 atom stereocenters. The average Bonchev–Trinajstić information content (AvgIpc) is 2.44. The zero-order chi connectivity index (χ0) is 14.4. The molecule has 0 amide bonds. The van der Waals surface area contributed by atoms with Gasteiger partial charge in [-0.3, -0.25) is 0 Å². The van der Waals surface area contributed by atoms with E-state index in [0.29, 0.717) is 19.1 Å². The molecule has 0 aliphatic heterocycles. The van der Waals surface area contributed by atoms with E-state index in [0.717, 1.165) is 12.0 Å². The van der Waals surface area contributed by atoms with Gasteiger partial charge in [-0.15, -0.1) is 0 Å². The minimum absolute atomic E-state index is 0.123. The fourth-order valence-corrected chi connectivity index (χ4v) is 1.71. The summed E-state index contributed by atoms with van der Waals surface area (Å²) in [5.74, 6) is 0.414. The maximum absolute atomic E-state index is 5.85. The lowest BCUT2D eigenvalue weighted by atomic mass is 10.1. The summed E-state index contributed by atoms with van der Waals surface area (Å²) in [5.41, 5.74) is 2.37. The number of rotatable bonds is 6. The highest BCUT2D eigenvalue weighted by molar-refractivity contribution is 6.28. The Bertz CT molecular complexity index is 560. The van der Waals surface area contributed by atoms with Crippen molar-refractivity contribution in [2.45, 2.75) is 26.8 Å². The summed E-state index contributed by atoms with van der Waals surface area (Å²) in [5, 5.41) is 3.23. The highest BCUT2D eigenvalue weighted by Crippen LogP contribution is 2.13. The zero-order valence-electron chi connectivity index (χ0n) is 11.6. The Morgan fingerprint density at radius 1 is 1.15 bits per heavy atom. The molecule has 2 aromatic rings. The van der Waals surface area contributed by atoms with Crippen LogP contribution in [0, 0.1) is 6.92 Å². The van der Waals surface area contributed by atoms with E-state index in [1.54, 1.807) is 0 Å². The smallest absolute Gasteiger partial charge is 0.322 e. The molecule has 20 heavy (non-hydrogen) atoms. The molecule has 5 nitrogen and oxygen atoms in total. The first kappa shape index (κ1) is 14.5. The fourth-order valence-electron chi connectivity index (χ4n) is 1.56. The highest BCUT2D eigenvalue weighted by atomic mass is 35.5. The summed E-state index contributed by atoms with van der Waals surface area (Å²) < 4.78 is 5.36. The van der Waals surface area contributed by atoms with Crippen molar-refractivity contribution in [2.24, 2.45) is 0 Å². The Morgan fingerprint density at radius 2 is 1.90 bits per heavy atom. The second kappa shape index (κ2) is 7.05. The van der Waals surface area contributed by atoms with Crippen molar-refractivity contribution < 1.29 is 4.74 Å². The summed E-state index contributed by atoms with van der Waals surface area (Å²) in [7, 11) is 0. The number of aryl methyl sites for hydroxylation is 1. The molecule has 0 radical (unpaired) electrons. The molecular formula is C14H17ClN4O. The third-order valence-electron chi connectivity index (χ3n) is 2.59. The van der Waals surface area contributed by atoms with E-state index in [2.05, 4.69) is 51.5 Å². The van der Waals surface area contributed by atoms with Gasteiger partial charge in [0.25, 0.3) is 0 Å². The van der Waals surface area contributed by atoms with E-state index in [-0.39, 0.29) is 11.3 Å². The van der Waals surface area contributed by atoms with Gasteiger partial charge < -0.3 is 10.1 Å². The van der Waals surface area contributed by atoms with Crippen molar-refractivity contribution in [1.82, 2.24) is 15.0 Å². The molecule has 0 unspecified atom stereocenters. The van der Waals surface area contributed by atoms with Gasteiger partial charge in [0.1, 0.15) is 0 Å². The molecule has 106 valence electrons. The van der Waals surface area contributed by atoms with Gasteiger partial charge in [-0.25, -0.2) is 0 Å². The van der Waals surface area contributed by atoms with Gasteiger partial charge in [0.05, 0.1) is 6.61 Å². The first-order valence-corrected chi connectivity index (χ1v) is 6.89. The SMILES string of the molecule is CCCOc1nc(Cl)nc(NCc2ccc(C)cc2)n1. The molecule has 6 heteroatoms. The number of ether oxygens (including phenoxy) is 1. The van der Waals surface area contributed by atoms with Crippen LogP contribution < -0.4 is 10.1 Å². The quantitative estimate of drug-likeness (QED) is 0.886. The van der Waals surface area contributed by atoms with Crippen molar-refractivity contribution in [3.05, 3.63) is 40.7 Å². The van der Waals surface area contributed by atoms with Crippen LogP contribution in [0.5, 0.6) is 6.01 Å². The van der Waals surface area contributed by atoms with Crippen LogP contribution in [-0.2, 0) is 6.54 Å². The molecule has 1 heterocycles. The van der Waals surface area contributed by atoms with E-state index in [9.17, 15) is 0 Å². The van der Waals surface area contributed by atoms with Gasteiger partial charge in [-0.2, -0.15) is 15.0 Å². The lowest BCUT2D eigenvalue weighted by molar-refractivity contribution is 0.291. The summed E-state index contributed by atoms with van der Waals surface area (Å²) in [6.45, 7) is 5.24. The Kier molecular flexibility index (Phi) is 5.12. The topological polar surface area (TPSA) is 59.9 Å². The van der Waals surface area contributed by atoms with Gasteiger partial charge in [0.15, 0.2) is 0 Å². The first-order valence-electron chi connectivity index (χ1n) is 6.51. The molecule has 2 rings (SSSR count). The van der Waals surface area contributed by atoms with Crippen molar-refractivity contribution in [3.63, 3.8) is 0 Å². The number of hydrogen-bond donors (Lipinski definition) is 1. The van der Waals surface area contributed by atoms with E-state index in [1.165, 1.54) is 5.56 Å². The Morgan fingerprint density at radius 3 is 2.60 bits per heavy atom. The van der Waals surface area contributed by atoms with Crippen molar-refractivity contribution in [3.8, 4) is 6.01 Å². The lowest BCUT2D eigenvalue weighted by Crippen LogP contribution is -2.07. The molecule has 1 N–H and O–H groups in total. The molecule has 1 aromatic heterocycles. The third kappa shape index (κ3) is 4.35. The molecular weight excluding hydrogens is 276 g/mol. The fraction of sp³-hybridized carbons (Fsp3) is 0.357. The number of nitrogens with zero attached hydrogens (tertiary/aromatic N) is 3. The number of anilines is 1. The normalized spacial score (nSPS) is 10.3. The number of nitrogens with one attached hydrogen (secondary N) is 1. The van der Waals surface area contributed by atoms with Crippen molar-refractivity contribution in [2.75, 3.05) is 11.9 Å². The Balaban J connectivity index is 2.01.